The van der Waals surface area contributed by atoms with Crippen LogP contribution >= 0.6 is 0 Å². The zero-order chi connectivity index (χ0) is 13.8. The quantitative estimate of drug-likeness (QED) is 0.479. The monoisotopic (exact) mass is 254 g/mol. The normalized spacial score (nSPS) is 10.0. The number of ketones is 1. The predicted molar refractivity (Wildman–Crippen MR) is 72.6 cm³/mol. The van der Waals surface area contributed by atoms with Crippen LogP contribution in [0.3, 0.4) is 0 Å². The molecule has 2 aromatic carbocycles. The lowest BCUT2D eigenvalue weighted by atomic mass is 10.1. The van der Waals surface area contributed by atoms with Crippen molar-refractivity contribution in [2.24, 2.45) is 0 Å². The molecule has 0 bridgehead atoms. The number of esters is 1. The SMILES string of the molecule is CC(=O)c1ccc(C(=O)Oc2ccc(C)cc2)cc1. The molecule has 2 rings (SSSR count). The average molecular weight is 254 g/mol. The highest BCUT2D eigenvalue weighted by atomic mass is 16.5. The van der Waals surface area contributed by atoms with Gasteiger partial charge in [-0.3, -0.25) is 4.79 Å². The number of carbonyl (C=O) groups excluding carboxylic acids is 2. The Labute approximate surface area is 111 Å². The minimum atomic E-state index is -0.432. The van der Waals surface area contributed by atoms with Gasteiger partial charge >= 0.3 is 5.97 Å². The molecule has 0 amide bonds. The van der Waals surface area contributed by atoms with Gasteiger partial charge < -0.3 is 4.74 Å². The molecule has 0 atom stereocenters. The van der Waals surface area contributed by atoms with Gasteiger partial charge in [0.15, 0.2) is 5.78 Å². The smallest absolute Gasteiger partial charge is 0.343 e. The number of benzene rings is 2. The average Bonchev–Trinajstić information content (AvgIpc) is 2.41. The van der Waals surface area contributed by atoms with Gasteiger partial charge in [-0.1, -0.05) is 29.8 Å². The topological polar surface area (TPSA) is 43.4 Å². The van der Waals surface area contributed by atoms with Crippen LogP contribution in [-0.4, -0.2) is 11.8 Å². The molecule has 96 valence electrons. The van der Waals surface area contributed by atoms with Crippen molar-refractivity contribution in [3.8, 4) is 5.75 Å². The molecular weight excluding hydrogens is 240 g/mol. The number of hydrogen-bond acceptors (Lipinski definition) is 3. The van der Waals surface area contributed by atoms with Crippen molar-refractivity contribution in [3.63, 3.8) is 0 Å². The summed E-state index contributed by atoms with van der Waals surface area (Å²) in [7, 11) is 0. The maximum Gasteiger partial charge on any atom is 0.343 e. The Balaban J connectivity index is 2.11. The van der Waals surface area contributed by atoms with Crippen molar-refractivity contribution in [3.05, 3.63) is 65.2 Å². The fourth-order valence-electron chi connectivity index (χ4n) is 1.61. The standard InChI is InChI=1S/C16H14O3/c1-11-3-9-15(10-4-11)19-16(18)14-7-5-13(6-8-14)12(2)17/h3-10H,1-2H3. The van der Waals surface area contributed by atoms with Crippen LogP contribution in [0.25, 0.3) is 0 Å². The molecule has 0 aliphatic carbocycles. The van der Waals surface area contributed by atoms with Crippen LogP contribution in [0.4, 0.5) is 0 Å². The highest BCUT2D eigenvalue weighted by Gasteiger charge is 2.09. The van der Waals surface area contributed by atoms with Gasteiger partial charge in [0.2, 0.25) is 0 Å². The van der Waals surface area contributed by atoms with Gasteiger partial charge in [0, 0.05) is 5.56 Å². The first-order chi connectivity index (χ1) is 9.06. The van der Waals surface area contributed by atoms with Crippen LogP contribution in [0.15, 0.2) is 48.5 Å². The van der Waals surface area contributed by atoms with Crippen molar-refractivity contribution >= 4 is 11.8 Å². The van der Waals surface area contributed by atoms with Crippen LogP contribution in [0.2, 0.25) is 0 Å². The molecule has 0 fully saturated rings. The molecule has 3 nitrogen and oxygen atoms in total. The Hall–Kier alpha value is -2.42. The van der Waals surface area contributed by atoms with E-state index < -0.39 is 5.97 Å². The van der Waals surface area contributed by atoms with E-state index in [1.54, 1.807) is 36.4 Å². The van der Waals surface area contributed by atoms with E-state index >= 15 is 0 Å². The van der Waals surface area contributed by atoms with Crippen LogP contribution in [-0.2, 0) is 0 Å². The van der Waals surface area contributed by atoms with Gasteiger partial charge in [0.05, 0.1) is 5.56 Å². The molecule has 2 aromatic rings. The van der Waals surface area contributed by atoms with E-state index in [1.165, 1.54) is 6.92 Å². The molecule has 0 aromatic heterocycles. The molecule has 0 aliphatic rings. The number of ether oxygens (including phenoxy) is 1. The molecule has 0 unspecified atom stereocenters. The first-order valence-corrected chi connectivity index (χ1v) is 5.96. The van der Waals surface area contributed by atoms with E-state index in [0.717, 1.165) is 5.56 Å². The van der Waals surface area contributed by atoms with E-state index in [1.807, 2.05) is 19.1 Å². The van der Waals surface area contributed by atoms with Crippen molar-refractivity contribution in [2.45, 2.75) is 13.8 Å². The summed E-state index contributed by atoms with van der Waals surface area (Å²) in [6.45, 7) is 3.45. The Kier molecular flexibility index (Phi) is 3.76. The lowest BCUT2D eigenvalue weighted by Gasteiger charge is -2.05. The predicted octanol–water partition coefficient (Wildman–Crippen LogP) is 3.42. The number of carbonyl (C=O) groups is 2. The lowest BCUT2D eigenvalue weighted by Crippen LogP contribution is -2.08. The minimum Gasteiger partial charge on any atom is -0.423 e. The van der Waals surface area contributed by atoms with Crippen molar-refractivity contribution < 1.29 is 14.3 Å². The lowest BCUT2D eigenvalue weighted by molar-refractivity contribution is 0.0734. The molecule has 0 spiro atoms. The van der Waals surface area contributed by atoms with E-state index in [9.17, 15) is 9.59 Å². The molecule has 0 saturated heterocycles. The Bertz CT molecular complexity index is 595. The molecule has 0 heterocycles. The Morgan fingerprint density at radius 2 is 1.37 bits per heavy atom. The highest BCUT2D eigenvalue weighted by Crippen LogP contribution is 2.14. The summed E-state index contributed by atoms with van der Waals surface area (Å²) in [4.78, 5) is 23.0. The molecule has 0 saturated carbocycles. The maximum atomic E-state index is 11.9. The van der Waals surface area contributed by atoms with Gasteiger partial charge in [-0.2, -0.15) is 0 Å². The summed E-state index contributed by atoms with van der Waals surface area (Å²) in [5.41, 5.74) is 2.10. The minimum absolute atomic E-state index is 0.0292. The number of hydrogen-bond donors (Lipinski definition) is 0. The third-order valence-corrected chi connectivity index (χ3v) is 2.76. The van der Waals surface area contributed by atoms with E-state index in [2.05, 4.69) is 0 Å². The van der Waals surface area contributed by atoms with Crippen LogP contribution in [0, 0.1) is 6.92 Å². The molecular formula is C16H14O3. The second-order valence-corrected chi connectivity index (χ2v) is 4.34. The van der Waals surface area contributed by atoms with Crippen LogP contribution < -0.4 is 4.74 Å². The van der Waals surface area contributed by atoms with Gasteiger partial charge in [-0.15, -0.1) is 0 Å². The summed E-state index contributed by atoms with van der Waals surface area (Å²) >= 11 is 0. The van der Waals surface area contributed by atoms with Crippen molar-refractivity contribution in [2.75, 3.05) is 0 Å². The first kappa shape index (κ1) is 13.0. The summed E-state index contributed by atoms with van der Waals surface area (Å²) < 4.78 is 5.23. The number of rotatable bonds is 3. The molecule has 19 heavy (non-hydrogen) atoms. The van der Waals surface area contributed by atoms with Gasteiger partial charge in [0.25, 0.3) is 0 Å². The summed E-state index contributed by atoms with van der Waals surface area (Å²) in [5, 5.41) is 0. The first-order valence-electron chi connectivity index (χ1n) is 5.96. The highest BCUT2D eigenvalue weighted by molar-refractivity contribution is 5.96. The van der Waals surface area contributed by atoms with E-state index in [0.29, 0.717) is 16.9 Å². The number of Topliss-reactive ketones (excluding diaryl/α,β-unsaturated/α-hetero) is 1. The van der Waals surface area contributed by atoms with Gasteiger partial charge in [-0.05, 0) is 38.1 Å². The van der Waals surface area contributed by atoms with Gasteiger partial charge in [-0.25, -0.2) is 4.79 Å². The van der Waals surface area contributed by atoms with Crippen molar-refractivity contribution in [1.29, 1.82) is 0 Å². The summed E-state index contributed by atoms with van der Waals surface area (Å²) in [5.74, 6) is 0.0450. The third kappa shape index (κ3) is 3.28. The third-order valence-electron chi connectivity index (χ3n) is 2.76. The summed E-state index contributed by atoms with van der Waals surface area (Å²) in [6, 6.07) is 13.7. The second kappa shape index (κ2) is 5.48. The second-order valence-electron chi connectivity index (χ2n) is 4.34. The van der Waals surface area contributed by atoms with Crippen molar-refractivity contribution in [1.82, 2.24) is 0 Å². The maximum absolute atomic E-state index is 11.9. The summed E-state index contributed by atoms with van der Waals surface area (Å²) in [6.07, 6.45) is 0. The van der Waals surface area contributed by atoms with Crippen LogP contribution in [0.1, 0.15) is 33.2 Å². The molecule has 3 heteroatoms. The fourth-order valence-corrected chi connectivity index (χ4v) is 1.61. The van der Waals surface area contributed by atoms with Gasteiger partial charge in [0.1, 0.15) is 5.75 Å². The Morgan fingerprint density at radius 1 is 0.842 bits per heavy atom. The zero-order valence-corrected chi connectivity index (χ0v) is 10.8. The van der Waals surface area contributed by atoms with E-state index in [-0.39, 0.29) is 5.78 Å². The molecule has 0 aliphatic heterocycles. The zero-order valence-electron chi connectivity index (χ0n) is 10.8. The Morgan fingerprint density at radius 3 is 1.89 bits per heavy atom. The molecule has 0 radical (unpaired) electrons. The fraction of sp³-hybridized carbons (Fsp3) is 0.125. The number of aryl methyl sites for hydroxylation is 1. The van der Waals surface area contributed by atoms with Crippen LogP contribution in [0.5, 0.6) is 5.75 Å². The van der Waals surface area contributed by atoms with E-state index in [4.69, 9.17) is 4.74 Å². The largest absolute Gasteiger partial charge is 0.423 e. The molecule has 0 N–H and O–H groups in total.